The second kappa shape index (κ2) is 4.51. The van der Waals surface area contributed by atoms with Gasteiger partial charge in [0.05, 0.1) is 10.5 Å². The zero-order chi connectivity index (χ0) is 13.4. The molecule has 19 heavy (non-hydrogen) atoms. The lowest BCUT2D eigenvalue weighted by Crippen LogP contribution is -1.91. The molecule has 2 aromatic carbocycles. The van der Waals surface area contributed by atoms with Crippen LogP contribution in [0.5, 0.6) is 0 Å². The molecule has 0 unspecified atom stereocenters. The Hall–Kier alpha value is -2.14. The summed E-state index contributed by atoms with van der Waals surface area (Å²) in [5, 5.41) is 12.1. The second-order valence-electron chi connectivity index (χ2n) is 4.20. The number of H-pyrrole nitrogens is 1. The van der Waals surface area contributed by atoms with Gasteiger partial charge < -0.3 is 4.98 Å². The average Bonchev–Trinajstić information content (AvgIpc) is 2.85. The highest BCUT2D eigenvalue weighted by atomic mass is 79.9. The molecule has 1 N–H and O–H groups in total. The highest BCUT2D eigenvalue weighted by Gasteiger charge is 2.15. The van der Waals surface area contributed by atoms with Gasteiger partial charge in [0, 0.05) is 22.3 Å². The van der Waals surface area contributed by atoms with Crippen molar-refractivity contribution in [1.29, 1.82) is 0 Å². The van der Waals surface area contributed by atoms with E-state index in [-0.39, 0.29) is 10.6 Å². The lowest BCUT2D eigenvalue weighted by atomic mass is 10.0. The van der Waals surface area contributed by atoms with Gasteiger partial charge in [0.1, 0.15) is 0 Å². The second-order valence-corrected chi connectivity index (χ2v) is 5.11. The van der Waals surface area contributed by atoms with E-state index in [9.17, 15) is 10.1 Å². The molecule has 0 radical (unpaired) electrons. The molecule has 0 bridgehead atoms. The molecule has 0 atom stereocenters. The summed E-state index contributed by atoms with van der Waals surface area (Å²) in [7, 11) is 0. The normalized spacial score (nSPS) is 10.8. The lowest BCUT2D eigenvalue weighted by molar-refractivity contribution is -0.384. The van der Waals surface area contributed by atoms with E-state index in [1.165, 1.54) is 6.07 Å². The highest BCUT2D eigenvalue weighted by Crippen LogP contribution is 2.33. The quantitative estimate of drug-likeness (QED) is 0.558. The maximum Gasteiger partial charge on any atom is 0.277 e. The first-order valence-electron chi connectivity index (χ1n) is 5.66. The third-order valence-electron chi connectivity index (χ3n) is 3.02. The number of nitro benzene ring substituents is 1. The monoisotopic (exact) mass is 316 g/mol. The van der Waals surface area contributed by atoms with Gasteiger partial charge in [0.2, 0.25) is 0 Å². The fourth-order valence-electron chi connectivity index (χ4n) is 2.12. The van der Waals surface area contributed by atoms with Crippen molar-refractivity contribution in [3.63, 3.8) is 0 Å². The van der Waals surface area contributed by atoms with E-state index in [1.807, 2.05) is 30.5 Å². The summed E-state index contributed by atoms with van der Waals surface area (Å²) in [6, 6.07) is 12.7. The van der Waals surface area contributed by atoms with Crippen LogP contribution in [-0.4, -0.2) is 9.91 Å². The van der Waals surface area contributed by atoms with Gasteiger partial charge in [-0.3, -0.25) is 10.1 Å². The van der Waals surface area contributed by atoms with Crippen molar-refractivity contribution >= 4 is 32.5 Å². The van der Waals surface area contributed by atoms with Gasteiger partial charge in [-0.2, -0.15) is 0 Å². The Balaban J connectivity index is 2.24. The number of fused-ring (bicyclic) bond motifs is 1. The fourth-order valence-corrected chi connectivity index (χ4v) is 2.48. The van der Waals surface area contributed by atoms with Crippen LogP contribution in [0.25, 0.3) is 22.0 Å². The van der Waals surface area contributed by atoms with Crippen LogP contribution in [0.2, 0.25) is 0 Å². The number of aromatic nitrogens is 1. The Labute approximate surface area is 117 Å². The number of hydrogen-bond acceptors (Lipinski definition) is 2. The molecule has 0 fully saturated rings. The highest BCUT2D eigenvalue weighted by molar-refractivity contribution is 9.10. The van der Waals surface area contributed by atoms with E-state index >= 15 is 0 Å². The zero-order valence-corrected chi connectivity index (χ0v) is 11.3. The van der Waals surface area contributed by atoms with Gasteiger partial charge in [0.25, 0.3) is 5.69 Å². The van der Waals surface area contributed by atoms with Crippen LogP contribution in [0.3, 0.4) is 0 Å². The molecule has 94 valence electrons. The smallest absolute Gasteiger partial charge is 0.277 e. The average molecular weight is 317 g/mol. The summed E-state index contributed by atoms with van der Waals surface area (Å²) in [6.07, 6.45) is 1.85. The van der Waals surface area contributed by atoms with Crippen LogP contribution in [-0.2, 0) is 0 Å². The van der Waals surface area contributed by atoms with Gasteiger partial charge in [-0.15, -0.1) is 0 Å². The summed E-state index contributed by atoms with van der Waals surface area (Å²) in [4.78, 5) is 13.8. The van der Waals surface area contributed by atoms with Crippen molar-refractivity contribution in [2.24, 2.45) is 0 Å². The molecule has 3 rings (SSSR count). The third-order valence-corrected chi connectivity index (χ3v) is 3.51. The largest absolute Gasteiger partial charge is 0.361 e. The van der Waals surface area contributed by atoms with Gasteiger partial charge in [-0.1, -0.05) is 22.0 Å². The maximum absolute atomic E-state index is 11.1. The Morgan fingerprint density at radius 2 is 1.95 bits per heavy atom. The third kappa shape index (κ3) is 2.13. The molecule has 3 aromatic rings. The molecule has 0 saturated heterocycles. The van der Waals surface area contributed by atoms with Gasteiger partial charge in [-0.25, -0.2) is 0 Å². The Kier molecular flexibility index (Phi) is 2.83. The number of halogens is 1. The molecule has 0 aliphatic carbocycles. The van der Waals surface area contributed by atoms with Crippen molar-refractivity contribution in [3.8, 4) is 11.1 Å². The van der Waals surface area contributed by atoms with E-state index in [0.29, 0.717) is 5.56 Å². The van der Waals surface area contributed by atoms with Gasteiger partial charge in [0.15, 0.2) is 0 Å². The Bertz CT molecular complexity index is 780. The minimum absolute atomic E-state index is 0.109. The minimum atomic E-state index is -0.358. The number of benzene rings is 2. The van der Waals surface area contributed by atoms with Crippen LogP contribution in [0, 0.1) is 10.1 Å². The van der Waals surface area contributed by atoms with E-state index in [4.69, 9.17) is 0 Å². The predicted octanol–water partition coefficient (Wildman–Crippen LogP) is 4.51. The van der Waals surface area contributed by atoms with Crippen molar-refractivity contribution in [3.05, 3.63) is 63.2 Å². The topological polar surface area (TPSA) is 58.9 Å². The lowest BCUT2D eigenvalue weighted by Gasteiger charge is -2.04. The zero-order valence-electron chi connectivity index (χ0n) is 9.76. The number of nitrogens with one attached hydrogen (secondary N) is 1. The van der Waals surface area contributed by atoms with Gasteiger partial charge in [-0.05, 0) is 41.3 Å². The van der Waals surface area contributed by atoms with E-state index < -0.39 is 0 Å². The van der Waals surface area contributed by atoms with E-state index in [1.54, 1.807) is 12.1 Å². The SMILES string of the molecule is O=[N+]([O-])c1ccc(Br)cc1-c1ccc2[nH]ccc2c1. The maximum atomic E-state index is 11.1. The van der Waals surface area contributed by atoms with Crippen LogP contribution in [0.1, 0.15) is 0 Å². The molecule has 4 nitrogen and oxygen atoms in total. The molecule has 0 aliphatic heterocycles. The Morgan fingerprint density at radius 1 is 1.11 bits per heavy atom. The molecule has 1 aromatic heterocycles. The standard InChI is InChI=1S/C14H9BrN2O2/c15-11-2-4-14(17(18)19)12(8-11)9-1-3-13-10(7-9)5-6-16-13/h1-8,16H. The number of nitrogens with zero attached hydrogens (tertiary/aromatic N) is 1. The van der Waals surface area contributed by atoms with Crippen LogP contribution >= 0.6 is 15.9 Å². The van der Waals surface area contributed by atoms with E-state index in [0.717, 1.165) is 20.9 Å². The van der Waals surface area contributed by atoms with Crippen molar-refractivity contribution < 1.29 is 4.92 Å². The Morgan fingerprint density at radius 3 is 2.74 bits per heavy atom. The molecule has 5 heteroatoms. The molecule has 0 aliphatic rings. The molecule has 0 amide bonds. The van der Waals surface area contributed by atoms with Crippen molar-refractivity contribution in [2.45, 2.75) is 0 Å². The first-order valence-corrected chi connectivity index (χ1v) is 6.46. The molecule has 1 heterocycles. The van der Waals surface area contributed by atoms with Crippen LogP contribution < -0.4 is 0 Å². The molecular formula is C14H9BrN2O2. The summed E-state index contributed by atoms with van der Waals surface area (Å²) in [5.41, 5.74) is 2.57. The predicted molar refractivity (Wildman–Crippen MR) is 78.1 cm³/mol. The number of hydrogen-bond donors (Lipinski definition) is 1. The molecule has 0 saturated carbocycles. The molecular weight excluding hydrogens is 308 g/mol. The van der Waals surface area contributed by atoms with Crippen molar-refractivity contribution in [2.75, 3.05) is 0 Å². The first-order chi connectivity index (χ1) is 9.15. The summed E-state index contributed by atoms with van der Waals surface area (Å²) in [5.74, 6) is 0. The van der Waals surface area contributed by atoms with Crippen LogP contribution in [0.4, 0.5) is 5.69 Å². The number of rotatable bonds is 2. The summed E-state index contributed by atoms with van der Waals surface area (Å²) >= 11 is 3.36. The summed E-state index contributed by atoms with van der Waals surface area (Å²) in [6.45, 7) is 0. The first kappa shape index (κ1) is 11.9. The number of aromatic amines is 1. The van der Waals surface area contributed by atoms with Crippen molar-refractivity contribution in [1.82, 2.24) is 4.98 Å². The minimum Gasteiger partial charge on any atom is -0.361 e. The van der Waals surface area contributed by atoms with Crippen LogP contribution in [0.15, 0.2) is 53.1 Å². The fraction of sp³-hybridized carbons (Fsp3) is 0. The van der Waals surface area contributed by atoms with E-state index in [2.05, 4.69) is 20.9 Å². The van der Waals surface area contributed by atoms with Gasteiger partial charge >= 0.3 is 0 Å². The molecule has 0 spiro atoms. The summed E-state index contributed by atoms with van der Waals surface area (Å²) < 4.78 is 0.822. The number of nitro groups is 1.